The van der Waals surface area contributed by atoms with E-state index < -0.39 is 17.9 Å². The van der Waals surface area contributed by atoms with Gasteiger partial charge in [0.1, 0.15) is 6.04 Å². The van der Waals surface area contributed by atoms with Gasteiger partial charge in [-0.15, -0.1) is 0 Å². The summed E-state index contributed by atoms with van der Waals surface area (Å²) >= 11 is 3.22. The van der Waals surface area contributed by atoms with Gasteiger partial charge in [-0.05, 0) is 40.0 Å². The van der Waals surface area contributed by atoms with Crippen molar-refractivity contribution in [3.05, 3.63) is 28.2 Å². The molecule has 6 heteroatoms. The fraction of sp³-hybridized carbons (Fsp3) is 0.333. The zero-order valence-corrected chi connectivity index (χ0v) is 11.7. The summed E-state index contributed by atoms with van der Waals surface area (Å²) in [4.78, 5) is 22.9. The van der Waals surface area contributed by atoms with Gasteiger partial charge in [0, 0.05) is 15.7 Å². The van der Waals surface area contributed by atoms with Crippen molar-refractivity contribution in [3.63, 3.8) is 0 Å². The number of anilines is 1. The van der Waals surface area contributed by atoms with Gasteiger partial charge in [-0.25, -0.2) is 4.79 Å². The molecule has 0 unspecified atom stereocenters. The van der Waals surface area contributed by atoms with Crippen LogP contribution in [-0.4, -0.2) is 23.0 Å². The Morgan fingerprint density at radius 1 is 1.39 bits per heavy atom. The van der Waals surface area contributed by atoms with E-state index in [9.17, 15) is 9.59 Å². The van der Waals surface area contributed by atoms with Crippen molar-refractivity contribution in [1.29, 1.82) is 0 Å². The topological polar surface area (TPSA) is 92.4 Å². The van der Waals surface area contributed by atoms with E-state index in [1.54, 1.807) is 32.0 Å². The molecule has 1 aromatic carbocycles. The first-order chi connectivity index (χ1) is 8.32. The normalized spacial score (nSPS) is 12.2. The molecule has 0 spiro atoms. The maximum Gasteiger partial charge on any atom is 0.326 e. The molecule has 0 fully saturated rings. The number of carboxylic acid groups (broad SMARTS) is 1. The molecule has 98 valence electrons. The highest BCUT2D eigenvalue weighted by molar-refractivity contribution is 9.10. The molecule has 0 saturated heterocycles. The van der Waals surface area contributed by atoms with Gasteiger partial charge in [-0.1, -0.05) is 13.8 Å². The van der Waals surface area contributed by atoms with Crippen molar-refractivity contribution in [2.45, 2.75) is 19.9 Å². The maximum absolute atomic E-state index is 11.9. The maximum atomic E-state index is 11.9. The summed E-state index contributed by atoms with van der Waals surface area (Å²) < 4.78 is 0.603. The largest absolute Gasteiger partial charge is 0.480 e. The molecule has 0 heterocycles. The molecule has 0 aromatic heterocycles. The molecular formula is C12H15BrN2O3. The number of rotatable bonds is 4. The zero-order valence-electron chi connectivity index (χ0n) is 10.1. The second-order valence-corrected chi connectivity index (χ2v) is 5.12. The highest BCUT2D eigenvalue weighted by Gasteiger charge is 2.23. The van der Waals surface area contributed by atoms with E-state index in [1.807, 2.05) is 0 Å². The number of carbonyl (C=O) groups is 2. The van der Waals surface area contributed by atoms with Gasteiger partial charge in [0.25, 0.3) is 5.91 Å². The molecule has 18 heavy (non-hydrogen) atoms. The SMILES string of the molecule is CC(C)[C@H](NC(=O)c1ccc(N)c(Br)c1)C(=O)O. The molecular weight excluding hydrogens is 300 g/mol. The van der Waals surface area contributed by atoms with Crippen LogP contribution < -0.4 is 11.1 Å². The number of carbonyl (C=O) groups excluding carboxylic acids is 1. The average Bonchev–Trinajstić information content (AvgIpc) is 2.28. The van der Waals surface area contributed by atoms with Crippen LogP contribution in [0.4, 0.5) is 5.69 Å². The van der Waals surface area contributed by atoms with Crippen LogP contribution in [0.1, 0.15) is 24.2 Å². The van der Waals surface area contributed by atoms with Gasteiger partial charge < -0.3 is 16.2 Å². The Balaban J connectivity index is 2.87. The molecule has 1 atom stereocenters. The Morgan fingerprint density at radius 3 is 2.44 bits per heavy atom. The minimum atomic E-state index is -1.05. The molecule has 0 aliphatic carbocycles. The predicted octanol–water partition coefficient (Wildman–Crippen LogP) is 1.87. The Kier molecular flexibility index (Phi) is 4.72. The van der Waals surface area contributed by atoms with Gasteiger partial charge in [0.15, 0.2) is 0 Å². The average molecular weight is 315 g/mol. The van der Waals surface area contributed by atoms with Crippen LogP contribution in [0.3, 0.4) is 0 Å². The lowest BCUT2D eigenvalue weighted by Gasteiger charge is -2.18. The third-order valence-electron chi connectivity index (χ3n) is 2.48. The predicted molar refractivity (Wildman–Crippen MR) is 72.3 cm³/mol. The van der Waals surface area contributed by atoms with Crippen molar-refractivity contribution in [2.24, 2.45) is 5.92 Å². The molecule has 4 N–H and O–H groups in total. The number of amides is 1. The molecule has 5 nitrogen and oxygen atoms in total. The monoisotopic (exact) mass is 314 g/mol. The van der Waals surface area contributed by atoms with Gasteiger partial charge >= 0.3 is 5.97 Å². The van der Waals surface area contributed by atoms with Crippen LogP contribution in [0.25, 0.3) is 0 Å². The van der Waals surface area contributed by atoms with E-state index in [-0.39, 0.29) is 5.92 Å². The highest BCUT2D eigenvalue weighted by Crippen LogP contribution is 2.20. The first-order valence-electron chi connectivity index (χ1n) is 5.41. The van der Waals surface area contributed by atoms with Crippen LogP contribution in [-0.2, 0) is 4.79 Å². The third kappa shape index (κ3) is 3.46. The second kappa shape index (κ2) is 5.86. The highest BCUT2D eigenvalue weighted by atomic mass is 79.9. The summed E-state index contributed by atoms with van der Waals surface area (Å²) in [5, 5.41) is 11.5. The van der Waals surface area contributed by atoms with Crippen LogP contribution in [0.2, 0.25) is 0 Å². The number of nitrogens with one attached hydrogen (secondary N) is 1. The van der Waals surface area contributed by atoms with Crippen LogP contribution in [0.15, 0.2) is 22.7 Å². The first kappa shape index (κ1) is 14.5. The lowest BCUT2D eigenvalue weighted by molar-refractivity contribution is -0.140. The summed E-state index contributed by atoms with van der Waals surface area (Å²) in [7, 11) is 0. The summed E-state index contributed by atoms with van der Waals surface area (Å²) in [6.07, 6.45) is 0. The molecule has 1 amide bonds. The number of nitrogens with two attached hydrogens (primary N) is 1. The van der Waals surface area contributed by atoms with E-state index >= 15 is 0 Å². The summed E-state index contributed by atoms with van der Waals surface area (Å²) in [5.74, 6) is -1.67. The van der Waals surface area contributed by atoms with E-state index in [1.165, 1.54) is 0 Å². The number of benzene rings is 1. The molecule has 0 bridgehead atoms. The van der Waals surface area contributed by atoms with E-state index in [2.05, 4.69) is 21.2 Å². The fourth-order valence-electron chi connectivity index (χ4n) is 1.41. The smallest absolute Gasteiger partial charge is 0.326 e. The number of carboxylic acids is 1. The van der Waals surface area contributed by atoms with Crippen molar-refractivity contribution in [2.75, 3.05) is 5.73 Å². The standard InChI is InChI=1S/C12H15BrN2O3/c1-6(2)10(12(17)18)15-11(16)7-3-4-9(14)8(13)5-7/h3-6,10H,14H2,1-2H3,(H,15,16)(H,17,18)/t10-/m0/s1. The van der Waals surface area contributed by atoms with Gasteiger partial charge in [0.05, 0.1) is 0 Å². The Bertz CT molecular complexity index is 474. The third-order valence-corrected chi connectivity index (χ3v) is 3.17. The van der Waals surface area contributed by atoms with Crippen LogP contribution in [0.5, 0.6) is 0 Å². The lowest BCUT2D eigenvalue weighted by atomic mass is 10.0. The summed E-state index contributed by atoms with van der Waals surface area (Å²) in [6.45, 7) is 3.47. The van der Waals surface area contributed by atoms with Crippen molar-refractivity contribution in [3.8, 4) is 0 Å². The Morgan fingerprint density at radius 2 is 2.00 bits per heavy atom. The molecule has 0 saturated carbocycles. The Labute approximate surface area is 113 Å². The molecule has 1 rings (SSSR count). The number of halogens is 1. The number of aliphatic carboxylic acids is 1. The van der Waals surface area contributed by atoms with Crippen LogP contribution in [0, 0.1) is 5.92 Å². The van der Waals surface area contributed by atoms with Crippen LogP contribution >= 0.6 is 15.9 Å². The number of hydrogen-bond donors (Lipinski definition) is 3. The van der Waals surface area contributed by atoms with Gasteiger partial charge in [-0.2, -0.15) is 0 Å². The van der Waals surface area contributed by atoms with Crippen molar-refractivity contribution >= 4 is 33.5 Å². The lowest BCUT2D eigenvalue weighted by Crippen LogP contribution is -2.44. The molecule has 0 aliphatic rings. The van der Waals surface area contributed by atoms with E-state index in [0.29, 0.717) is 15.7 Å². The minimum Gasteiger partial charge on any atom is -0.480 e. The minimum absolute atomic E-state index is 0.191. The fourth-order valence-corrected chi connectivity index (χ4v) is 1.79. The first-order valence-corrected chi connectivity index (χ1v) is 6.21. The van der Waals surface area contributed by atoms with E-state index in [4.69, 9.17) is 10.8 Å². The zero-order chi connectivity index (χ0) is 13.9. The Hall–Kier alpha value is -1.56. The molecule has 0 aliphatic heterocycles. The molecule has 1 aromatic rings. The molecule has 0 radical (unpaired) electrons. The quantitative estimate of drug-likeness (QED) is 0.740. The summed E-state index contributed by atoms with van der Waals surface area (Å²) in [5.41, 5.74) is 6.50. The van der Waals surface area contributed by atoms with Gasteiger partial charge in [-0.3, -0.25) is 4.79 Å². The van der Waals surface area contributed by atoms with Crippen molar-refractivity contribution in [1.82, 2.24) is 5.32 Å². The van der Waals surface area contributed by atoms with Crippen molar-refractivity contribution < 1.29 is 14.7 Å². The second-order valence-electron chi connectivity index (χ2n) is 4.27. The van der Waals surface area contributed by atoms with Gasteiger partial charge in [0.2, 0.25) is 0 Å². The van der Waals surface area contributed by atoms with E-state index in [0.717, 1.165) is 0 Å². The number of hydrogen-bond acceptors (Lipinski definition) is 3. The number of nitrogen functional groups attached to an aromatic ring is 1. The summed E-state index contributed by atoms with van der Waals surface area (Å²) in [6, 6.07) is 3.79.